The minimum atomic E-state index is 0.337. The lowest BCUT2D eigenvalue weighted by atomic mass is 9.90. The molecule has 1 aromatic carbocycles. The number of halogens is 1. The summed E-state index contributed by atoms with van der Waals surface area (Å²) >= 11 is 6.13. The monoisotopic (exact) mass is 267 g/mol. The van der Waals surface area contributed by atoms with Crippen LogP contribution in [0.4, 0.5) is 0 Å². The smallest absolute Gasteiger partial charge is 0.123 e. The third kappa shape index (κ3) is 2.81. The fraction of sp³-hybridized carbons (Fsp3) is 0.600. The van der Waals surface area contributed by atoms with Gasteiger partial charge >= 0.3 is 0 Å². The van der Waals surface area contributed by atoms with Crippen molar-refractivity contribution >= 4 is 11.6 Å². The zero-order chi connectivity index (χ0) is 13.1. The lowest BCUT2D eigenvalue weighted by molar-refractivity contribution is 0.353. The van der Waals surface area contributed by atoms with Crippen LogP contribution in [0.5, 0.6) is 5.75 Å². The zero-order valence-electron chi connectivity index (χ0n) is 11.4. The molecule has 2 nitrogen and oxygen atoms in total. The summed E-state index contributed by atoms with van der Waals surface area (Å²) in [6.07, 6.45) is 3.88. The largest absolute Gasteiger partial charge is 0.496 e. The van der Waals surface area contributed by atoms with Gasteiger partial charge in [0.25, 0.3) is 0 Å². The summed E-state index contributed by atoms with van der Waals surface area (Å²) in [5.74, 6) is 2.44. The van der Waals surface area contributed by atoms with Gasteiger partial charge in [0.2, 0.25) is 0 Å². The molecule has 2 rings (SSSR count). The minimum Gasteiger partial charge on any atom is -0.496 e. The first-order valence-electron chi connectivity index (χ1n) is 6.66. The second-order valence-corrected chi connectivity index (χ2v) is 5.77. The molecule has 1 aromatic rings. The summed E-state index contributed by atoms with van der Waals surface area (Å²) in [6.45, 7) is 2.34. The van der Waals surface area contributed by atoms with Crippen molar-refractivity contribution in [2.75, 3.05) is 14.2 Å². The van der Waals surface area contributed by atoms with E-state index in [0.29, 0.717) is 12.0 Å². The molecule has 0 spiro atoms. The van der Waals surface area contributed by atoms with Gasteiger partial charge in [0.15, 0.2) is 0 Å². The SMILES string of the molecule is CNC(c1cc(Cl)ccc1OC)C1CCC(C)C1. The molecule has 0 bridgehead atoms. The lowest BCUT2D eigenvalue weighted by Gasteiger charge is -2.25. The molecule has 0 heterocycles. The fourth-order valence-corrected chi connectivity index (χ4v) is 3.33. The van der Waals surface area contributed by atoms with Crippen LogP contribution in [0.3, 0.4) is 0 Å². The molecule has 0 saturated heterocycles. The molecule has 18 heavy (non-hydrogen) atoms. The fourth-order valence-electron chi connectivity index (χ4n) is 3.15. The average molecular weight is 268 g/mol. The molecule has 1 saturated carbocycles. The Balaban J connectivity index is 2.29. The first-order valence-corrected chi connectivity index (χ1v) is 7.04. The van der Waals surface area contributed by atoms with Crippen LogP contribution in [0, 0.1) is 11.8 Å². The first-order chi connectivity index (χ1) is 8.65. The molecule has 3 heteroatoms. The van der Waals surface area contributed by atoms with Crippen molar-refractivity contribution in [3.8, 4) is 5.75 Å². The quantitative estimate of drug-likeness (QED) is 0.889. The van der Waals surface area contributed by atoms with Crippen molar-refractivity contribution in [1.82, 2.24) is 5.32 Å². The second-order valence-electron chi connectivity index (χ2n) is 5.33. The van der Waals surface area contributed by atoms with E-state index in [1.54, 1.807) is 7.11 Å². The van der Waals surface area contributed by atoms with Crippen LogP contribution in [0.25, 0.3) is 0 Å². The van der Waals surface area contributed by atoms with Gasteiger partial charge in [0.05, 0.1) is 7.11 Å². The molecule has 1 aliphatic carbocycles. The summed E-state index contributed by atoms with van der Waals surface area (Å²) in [6, 6.07) is 6.21. The van der Waals surface area contributed by atoms with Crippen LogP contribution in [-0.4, -0.2) is 14.2 Å². The van der Waals surface area contributed by atoms with Gasteiger partial charge in [-0.05, 0) is 49.9 Å². The third-order valence-electron chi connectivity index (χ3n) is 4.04. The molecule has 0 aromatic heterocycles. The predicted octanol–water partition coefficient (Wildman–Crippen LogP) is 4.05. The molecule has 100 valence electrons. The summed E-state index contributed by atoms with van der Waals surface area (Å²) in [5.41, 5.74) is 1.19. The van der Waals surface area contributed by atoms with E-state index < -0.39 is 0 Å². The normalized spacial score (nSPS) is 25.1. The maximum absolute atomic E-state index is 6.13. The maximum atomic E-state index is 6.13. The average Bonchev–Trinajstić information content (AvgIpc) is 2.77. The molecule has 0 aliphatic heterocycles. The van der Waals surface area contributed by atoms with E-state index in [1.165, 1.54) is 24.8 Å². The summed E-state index contributed by atoms with van der Waals surface area (Å²) in [5, 5.41) is 4.22. The molecule has 1 fully saturated rings. The van der Waals surface area contributed by atoms with Crippen LogP contribution < -0.4 is 10.1 Å². The number of rotatable bonds is 4. The lowest BCUT2D eigenvalue weighted by Crippen LogP contribution is -2.24. The summed E-state index contributed by atoms with van der Waals surface area (Å²) in [7, 11) is 3.74. The highest BCUT2D eigenvalue weighted by atomic mass is 35.5. The van der Waals surface area contributed by atoms with Crippen molar-refractivity contribution in [3.05, 3.63) is 28.8 Å². The van der Waals surface area contributed by atoms with Crippen molar-refractivity contribution in [2.45, 2.75) is 32.2 Å². The topological polar surface area (TPSA) is 21.3 Å². The molecule has 1 aliphatic rings. The van der Waals surface area contributed by atoms with E-state index in [9.17, 15) is 0 Å². The number of nitrogens with one attached hydrogen (secondary N) is 1. The molecule has 0 radical (unpaired) electrons. The molecule has 0 amide bonds. The second kappa shape index (κ2) is 5.94. The maximum Gasteiger partial charge on any atom is 0.123 e. The van der Waals surface area contributed by atoms with E-state index in [0.717, 1.165) is 16.7 Å². The highest BCUT2D eigenvalue weighted by Gasteiger charge is 2.30. The third-order valence-corrected chi connectivity index (χ3v) is 4.28. The van der Waals surface area contributed by atoms with Gasteiger partial charge in [-0.2, -0.15) is 0 Å². The van der Waals surface area contributed by atoms with E-state index in [2.05, 4.69) is 12.2 Å². The first kappa shape index (κ1) is 13.7. The molecule has 1 N–H and O–H groups in total. The van der Waals surface area contributed by atoms with Gasteiger partial charge in [-0.25, -0.2) is 0 Å². The Bertz CT molecular complexity index is 407. The Morgan fingerprint density at radius 1 is 1.39 bits per heavy atom. The molecule has 3 unspecified atom stereocenters. The number of ether oxygens (including phenoxy) is 1. The Kier molecular flexibility index (Phi) is 4.52. The van der Waals surface area contributed by atoms with Gasteiger partial charge in [-0.1, -0.05) is 24.9 Å². The van der Waals surface area contributed by atoms with E-state index in [-0.39, 0.29) is 0 Å². The van der Waals surface area contributed by atoms with Gasteiger partial charge in [-0.15, -0.1) is 0 Å². The van der Waals surface area contributed by atoms with Gasteiger partial charge in [0, 0.05) is 16.6 Å². The van der Waals surface area contributed by atoms with Crippen LogP contribution >= 0.6 is 11.6 Å². The van der Waals surface area contributed by atoms with Gasteiger partial charge < -0.3 is 10.1 Å². The Morgan fingerprint density at radius 2 is 2.17 bits per heavy atom. The van der Waals surface area contributed by atoms with Crippen molar-refractivity contribution in [3.63, 3.8) is 0 Å². The molecular weight excluding hydrogens is 246 g/mol. The zero-order valence-corrected chi connectivity index (χ0v) is 12.1. The highest BCUT2D eigenvalue weighted by molar-refractivity contribution is 6.30. The molecule has 3 atom stereocenters. The number of hydrogen-bond acceptors (Lipinski definition) is 2. The van der Waals surface area contributed by atoms with Gasteiger partial charge in [-0.3, -0.25) is 0 Å². The van der Waals surface area contributed by atoms with E-state index >= 15 is 0 Å². The Hall–Kier alpha value is -0.730. The van der Waals surface area contributed by atoms with E-state index in [4.69, 9.17) is 16.3 Å². The number of methoxy groups -OCH3 is 1. The summed E-state index contributed by atoms with van der Waals surface area (Å²) in [4.78, 5) is 0. The van der Waals surface area contributed by atoms with Gasteiger partial charge in [0.1, 0.15) is 5.75 Å². The standard InChI is InChI=1S/C15H22ClNO/c1-10-4-5-11(8-10)15(17-2)13-9-12(16)6-7-14(13)18-3/h6-7,9-11,15,17H,4-5,8H2,1-3H3. The Labute approximate surface area is 115 Å². The van der Waals surface area contributed by atoms with Crippen molar-refractivity contribution < 1.29 is 4.74 Å². The minimum absolute atomic E-state index is 0.337. The number of benzene rings is 1. The van der Waals surface area contributed by atoms with E-state index in [1.807, 2.05) is 25.2 Å². The number of hydrogen-bond donors (Lipinski definition) is 1. The molecular formula is C15H22ClNO. The van der Waals surface area contributed by atoms with Crippen molar-refractivity contribution in [1.29, 1.82) is 0 Å². The van der Waals surface area contributed by atoms with Crippen LogP contribution in [0.2, 0.25) is 5.02 Å². The van der Waals surface area contributed by atoms with Crippen molar-refractivity contribution in [2.24, 2.45) is 11.8 Å². The highest BCUT2D eigenvalue weighted by Crippen LogP contribution is 2.41. The predicted molar refractivity (Wildman–Crippen MR) is 76.3 cm³/mol. The Morgan fingerprint density at radius 3 is 2.72 bits per heavy atom. The van der Waals surface area contributed by atoms with Crippen LogP contribution in [0.15, 0.2) is 18.2 Å². The summed E-state index contributed by atoms with van der Waals surface area (Å²) < 4.78 is 5.47. The van der Waals surface area contributed by atoms with Crippen LogP contribution in [-0.2, 0) is 0 Å². The van der Waals surface area contributed by atoms with Crippen LogP contribution in [0.1, 0.15) is 37.8 Å².